The third-order valence-corrected chi connectivity index (χ3v) is 4.56. The van der Waals surface area contributed by atoms with Crippen LogP contribution in [0.15, 0.2) is 0 Å². The molecule has 0 aliphatic heterocycles. The summed E-state index contributed by atoms with van der Waals surface area (Å²) in [7, 11) is -3.15. The SMILES string of the molecule is CCOC(=O)C(C)(CCCS(=O)(=O)CC)C(=O)O. The van der Waals surface area contributed by atoms with Crippen LogP contribution >= 0.6 is 0 Å². The van der Waals surface area contributed by atoms with Gasteiger partial charge in [0.1, 0.15) is 9.84 Å². The van der Waals surface area contributed by atoms with E-state index in [0.717, 1.165) is 0 Å². The van der Waals surface area contributed by atoms with Crippen LogP contribution in [0.5, 0.6) is 0 Å². The van der Waals surface area contributed by atoms with Gasteiger partial charge in [0.05, 0.1) is 12.4 Å². The normalized spacial score (nSPS) is 14.8. The summed E-state index contributed by atoms with van der Waals surface area (Å²) in [6.45, 7) is 4.46. The number of hydrogen-bond donors (Lipinski definition) is 1. The molecule has 1 atom stereocenters. The Morgan fingerprint density at radius 2 is 1.83 bits per heavy atom. The van der Waals surface area contributed by atoms with Gasteiger partial charge in [-0.1, -0.05) is 6.92 Å². The molecular weight excluding hydrogens is 260 g/mol. The molecule has 0 aliphatic carbocycles. The smallest absolute Gasteiger partial charge is 0.323 e. The summed E-state index contributed by atoms with van der Waals surface area (Å²) in [6.07, 6.45) is 0.0676. The fraction of sp³-hybridized carbons (Fsp3) is 0.818. The Bertz CT molecular complexity index is 400. The van der Waals surface area contributed by atoms with Gasteiger partial charge in [-0.15, -0.1) is 0 Å². The Morgan fingerprint density at radius 3 is 2.22 bits per heavy atom. The van der Waals surface area contributed by atoms with E-state index in [1.54, 1.807) is 6.92 Å². The van der Waals surface area contributed by atoms with Crippen molar-refractivity contribution in [3.63, 3.8) is 0 Å². The van der Waals surface area contributed by atoms with Crippen LogP contribution in [0.1, 0.15) is 33.6 Å². The Balaban J connectivity index is 4.65. The zero-order chi connectivity index (χ0) is 14.4. The fourth-order valence-corrected chi connectivity index (χ4v) is 2.25. The molecule has 0 aromatic rings. The lowest BCUT2D eigenvalue weighted by molar-refractivity contribution is -0.167. The Labute approximate surface area is 107 Å². The summed E-state index contributed by atoms with van der Waals surface area (Å²) in [4.78, 5) is 22.7. The maximum atomic E-state index is 11.6. The average molecular weight is 280 g/mol. The number of aliphatic carboxylic acids is 1. The predicted octanol–water partition coefficient (Wildman–Crippen LogP) is 0.855. The van der Waals surface area contributed by atoms with Crippen LogP contribution in [-0.2, 0) is 24.2 Å². The fourth-order valence-electron chi connectivity index (χ4n) is 1.38. The van der Waals surface area contributed by atoms with Gasteiger partial charge >= 0.3 is 11.9 Å². The van der Waals surface area contributed by atoms with Gasteiger partial charge in [-0.2, -0.15) is 0 Å². The molecule has 0 saturated carbocycles. The molecule has 7 heteroatoms. The minimum absolute atomic E-state index is 0.0101. The molecule has 0 saturated heterocycles. The molecule has 0 aromatic heterocycles. The van der Waals surface area contributed by atoms with Crippen molar-refractivity contribution in [1.82, 2.24) is 0 Å². The van der Waals surface area contributed by atoms with Gasteiger partial charge in [0.2, 0.25) is 0 Å². The van der Waals surface area contributed by atoms with E-state index < -0.39 is 27.2 Å². The van der Waals surface area contributed by atoms with Crippen LogP contribution in [0.4, 0.5) is 0 Å². The molecule has 0 radical (unpaired) electrons. The predicted molar refractivity (Wildman–Crippen MR) is 65.9 cm³/mol. The largest absolute Gasteiger partial charge is 0.480 e. The van der Waals surface area contributed by atoms with E-state index in [9.17, 15) is 18.0 Å². The summed E-state index contributed by atoms with van der Waals surface area (Å²) in [5, 5.41) is 9.07. The summed E-state index contributed by atoms with van der Waals surface area (Å²) in [5.74, 6) is -2.23. The molecule has 0 fully saturated rings. The quantitative estimate of drug-likeness (QED) is 0.523. The van der Waals surface area contributed by atoms with Gasteiger partial charge in [-0.05, 0) is 26.7 Å². The van der Waals surface area contributed by atoms with Crippen LogP contribution in [0, 0.1) is 5.41 Å². The van der Waals surface area contributed by atoms with Crippen LogP contribution in [-0.4, -0.2) is 43.6 Å². The number of hydrogen-bond acceptors (Lipinski definition) is 5. The Morgan fingerprint density at radius 1 is 1.28 bits per heavy atom. The van der Waals surface area contributed by atoms with Gasteiger partial charge < -0.3 is 9.84 Å². The first-order valence-corrected chi connectivity index (χ1v) is 7.62. The van der Waals surface area contributed by atoms with Gasteiger partial charge in [0, 0.05) is 5.75 Å². The number of ether oxygens (including phenoxy) is 1. The summed E-state index contributed by atoms with van der Waals surface area (Å²) in [6, 6.07) is 0. The lowest BCUT2D eigenvalue weighted by atomic mass is 9.86. The maximum absolute atomic E-state index is 11.6. The molecule has 6 nitrogen and oxygen atoms in total. The molecule has 1 N–H and O–H groups in total. The number of carboxylic acid groups (broad SMARTS) is 1. The molecule has 1 unspecified atom stereocenters. The minimum atomic E-state index is -3.15. The average Bonchev–Trinajstić information content (AvgIpc) is 2.28. The lowest BCUT2D eigenvalue weighted by Crippen LogP contribution is -2.38. The molecule has 18 heavy (non-hydrogen) atoms. The van der Waals surface area contributed by atoms with E-state index in [4.69, 9.17) is 9.84 Å². The van der Waals surface area contributed by atoms with Crippen molar-refractivity contribution in [3.8, 4) is 0 Å². The van der Waals surface area contributed by atoms with E-state index in [2.05, 4.69) is 0 Å². The molecule has 0 rings (SSSR count). The van der Waals surface area contributed by atoms with Crippen molar-refractivity contribution >= 4 is 21.8 Å². The second-order valence-corrected chi connectivity index (χ2v) is 6.67. The highest BCUT2D eigenvalue weighted by molar-refractivity contribution is 7.91. The standard InChI is InChI=1S/C11H20O6S/c1-4-17-10(14)11(3,9(12)13)7-6-8-18(15,16)5-2/h4-8H2,1-3H3,(H,12,13). The van der Waals surface area contributed by atoms with E-state index in [1.807, 2.05) is 0 Å². The number of esters is 1. The van der Waals surface area contributed by atoms with Crippen molar-refractivity contribution in [2.75, 3.05) is 18.1 Å². The number of sulfone groups is 1. The van der Waals surface area contributed by atoms with Crippen molar-refractivity contribution in [2.45, 2.75) is 33.6 Å². The summed E-state index contributed by atoms with van der Waals surface area (Å²) < 4.78 is 27.3. The molecule has 0 heterocycles. The second kappa shape index (κ2) is 6.72. The van der Waals surface area contributed by atoms with E-state index in [-0.39, 0.29) is 31.0 Å². The maximum Gasteiger partial charge on any atom is 0.323 e. The third kappa shape index (κ3) is 4.64. The number of carboxylic acids is 1. The van der Waals surface area contributed by atoms with E-state index in [1.165, 1.54) is 13.8 Å². The van der Waals surface area contributed by atoms with E-state index >= 15 is 0 Å². The van der Waals surface area contributed by atoms with Gasteiger partial charge in [0.15, 0.2) is 5.41 Å². The highest BCUT2D eigenvalue weighted by Crippen LogP contribution is 2.26. The van der Waals surface area contributed by atoms with Crippen LogP contribution < -0.4 is 0 Å². The first-order chi connectivity index (χ1) is 8.19. The topological polar surface area (TPSA) is 97.7 Å². The van der Waals surface area contributed by atoms with Crippen LogP contribution in [0.2, 0.25) is 0 Å². The Kier molecular flexibility index (Phi) is 6.31. The van der Waals surface area contributed by atoms with Crippen molar-refractivity contribution in [2.24, 2.45) is 5.41 Å². The van der Waals surface area contributed by atoms with Gasteiger partial charge in [0.25, 0.3) is 0 Å². The third-order valence-electron chi connectivity index (χ3n) is 2.77. The number of carbonyl (C=O) groups is 2. The zero-order valence-corrected chi connectivity index (χ0v) is 11.7. The van der Waals surface area contributed by atoms with E-state index in [0.29, 0.717) is 0 Å². The van der Waals surface area contributed by atoms with Gasteiger partial charge in [-0.3, -0.25) is 9.59 Å². The zero-order valence-electron chi connectivity index (χ0n) is 10.9. The molecule has 0 amide bonds. The monoisotopic (exact) mass is 280 g/mol. The van der Waals surface area contributed by atoms with Crippen molar-refractivity contribution in [1.29, 1.82) is 0 Å². The van der Waals surface area contributed by atoms with Gasteiger partial charge in [-0.25, -0.2) is 8.42 Å². The molecule has 106 valence electrons. The highest BCUT2D eigenvalue weighted by atomic mass is 32.2. The lowest BCUT2D eigenvalue weighted by Gasteiger charge is -2.22. The minimum Gasteiger partial charge on any atom is -0.480 e. The first-order valence-electron chi connectivity index (χ1n) is 5.80. The Hall–Kier alpha value is -1.11. The highest BCUT2D eigenvalue weighted by Gasteiger charge is 2.42. The molecule has 0 spiro atoms. The molecule has 0 bridgehead atoms. The second-order valence-electron chi connectivity index (χ2n) is 4.20. The summed E-state index contributed by atoms with van der Waals surface area (Å²) in [5.41, 5.74) is -1.68. The molecular formula is C11H20O6S. The van der Waals surface area contributed by atoms with Crippen LogP contribution in [0.25, 0.3) is 0 Å². The van der Waals surface area contributed by atoms with Crippen LogP contribution in [0.3, 0.4) is 0 Å². The number of rotatable bonds is 8. The number of carbonyl (C=O) groups excluding carboxylic acids is 1. The molecule has 0 aliphatic rings. The summed E-state index contributed by atoms with van der Waals surface area (Å²) >= 11 is 0. The molecule has 0 aromatic carbocycles. The van der Waals surface area contributed by atoms with Crippen molar-refractivity contribution < 1.29 is 27.9 Å². The first kappa shape index (κ1) is 16.9. The van der Waals surface area contributed by atoms with Crippen molar-refractivity contribution in [3.05, 3.63) is 0 Å².